The van der Waals surface area contributed by atoms with Gasteiger partial charge in [0, 0.05) is 11.8 Å². The predicted molar refractivity (Wildman–Crippen MR) is 68.3 cm³/mol. The summed E-state index contributed by atoms with van der Waals surface area (Å²) in [7, 11) is 0. The van der Waals surface area contributed by atoms with Gasteiger partial charge in [0.25, 0.3) is 0 Å². The van der Waals surface area contributed by atoms with E-state index in [-0.39, 0.29) is 11.2 Å². The summed E-state index contributed by atoms with van der Waals surface area (Å²) in [5.41, 5.74) is 0.638. The van der Waals surface area contributed by atoms with Gasteiger partial charge in [-0.05, 0) is 25.0 Å². The number of rotatable bonds is 4. The molecular weight excluding hydrogens is 240 g/mol. The summed E-state index contributed by atoms with van der Waals surface area (Å²) in [6, 6.07) is 11.6. The lowest BCUT2D eigenvalue weighted by Crippen LogP contribution is -2.12. The molecule has 1 aromatic carbocycles. The average Bonchev–Trinajstić information content (AvgIpc) is 3.10. The Morgan fingerprint density at radius 2 is 2.05 bits per heavy atom. The summed E-state index contributed by atoms with van der Waals surface area (Å²) in [6.07, 6.45) is 2.53. The van der Waals surface area contributed by atoms with E-state index in [1.165, 1.54) is 0 Å². The number of fused-ring (bicyclic) bond motifs is 1. The molecule has 2 aromatic rings. The number of ether oxygens (including phenoxy) is 1. The minimum Gasteiger partial charge on any atom is -0.488 e. The normalized spacial score (nSPS) is 15.7. The van der Waals surface area contributed by atoms with Crippen molar-refractivity contribution in [3.05, 3.63) is 30.0 Å². The zero-order chi connectivity index (χ0) is 13.3. The first-order valence-electron chi connectivity index (χ1n) is 6.19. The van der Waals surface area contributed by atoms with Crippen molar-refractivity contribution < 1.29 is 9.15 Å². The van der Waals surface area contributed by atoms with Crippen molar-refractivity contribution in [3.63, 3.8) is 0 Å². The van der Waals surface area contributed by atoms with Gasteiger partial charge in [0.2, 0.25) is 5.76 Å². The van der Waals surface area contributed by atoms with E-state index in [1.54, 1.807) is 0 Å². The molecule has 1 heterocycles. The van der Waals surface area contributed by atoms with E-state index in [1.807, 2.05) is 30.3 Å². The second-order valence-electron chi connectivity index (χ2n) is 4.99. The summed E-state index contributed by atoms with van der Waals surface area (Å²) in [4.78, 5) is 0. The van der Waals surface area contributed by atoms with E-state index in [4.69, 9.17) is 19.7 Å². The molecule has 0 N–H and O–H groups in total. The van der Waals surface area contributed by atoms with Gasteiger partial charge in [0.1, 0.15) is 11.7 Å². The molecule has 19 heavy (non-hydrogen) atoms. The van der Waals surface area contributed by atoms with Crippen LogP contribution in [0.15, 0.2) is 28.7 Å². The average molecular weight is 252 g/mol. The van der Waals surface area contributed by atoms with Crippen LogP contribution >= 0.6 is 0 Å². The molecule has 0 amide bonds. The van der Waals surface area contributed by atoms with E-state index in [0.717, 1.165) is 18.2 Å². The van der Waals surface area contributed by atoms with Crippen molar-refractivity contribution in [2.75, 3.05) is 6.61 Å². The summed E-state index contributed by atoms with van der Waals surface area (Å²) in [5, 5.41) is 18.7. The minimum atomic E-state index is -0.0140. The molecule has 0 saturated heterocycles. The molecule has 94 valence electrons. The topological polar surface area (TPSA) is 69.9 Å². The largest absolute Gasteiger partial charge is 0.488 e. The summed E-state index contributed by atoms with van der Waals surface area (Å²) < 4.78 is 11.2. The zero-order valence-corrected chi connectivity index (χ0v) is 10.3. The van der Waals surface area contributed by atoms with Gasteiger partial charge >= 0.3 is 0 Å². The highest BCUT2D eigenvalue weighted by molar-refractivity contribution is 5.86. The fourth-order valence-corrected chi connectivity index (χ4v) is 2.18. The van der Waals surface area contributed by atoms with Gasteiger partial charge in [-0.1, -0.05) is 12.1 Å². The Balaban J connectivity index is 1.88. The maximum Gasteiger partial charge on any atom is 0.246 e. The van der Waals surface area contributed by atoms with E-state index in [0.29, 0.717) is 24.4 Å². The first-order chi connectivity index (χ1) is 9.28. The lowest BCUT2D eigenvalue weighted by atomic mass is 10.1. The van der Waals surface area contributed by atoms with Crippen LogP contribution in [0.25, 0.3) is 11.0 Å². The van der Waals surface area contributed by atoms with Gasteiger partial charge in [0.15, 0.2) is 5.75 Å². The van der Waals surface area contributed by atoms with Crippen LogP contribution in [0.4, 0.5) is 0 Å². The first-order valence-corrected chi connectivity index (χ1v) is 6.19. The fraction of sp³-hybridized carbons (Fsp3) is 0.333. The van der Waals surface area contributed by atoms with Crippen molar-refractivity contribution in [3.8, 4) is 17.9 Å². The Morgan fingerprint density at radius 3 is 2.74 bits per heavy atom. The van der Waals surface area contributed by atoms with Crippen molar-refractivity contribution >= 4 is 11.0 Å². The number of hydrogen-bond acceptors (Lipinski definition) is 4. The maximum atomic E-state index is 9.09. The molecule has 1 aliphatic carbocycles. The van der Waals surface area contributed by atoms with Crippen molar-refractivity contribution in [2.45, 2.75) is 19.3 Å². The molecular formula is C15H12N2O2. The van der Waals surface area contributed by atoms with Crippen LogP contribution in [-0.2, 0) is 0 Å². The molecule has 1 saturated carbocycles. The van der Waals surface area contributed by atoms with Gasteiger partial charge in [0.05, 0.1) is 18.1 Å². The molecule has 1 aliphatic rings. The smallest absolute Gasteiger partial charge is 0.246 e. The molecule has 0 unspecified atom stereocenters. The van der Waals surface area contributed by atoms with Gasteiger partial charge < -0.3 is 9.15 Å². The van der Waals surface area contributed by atoms with E-state index in [9.17, 15) is 0 Å². The van der Waals surface area contributed by atoms with E-state index in [2.05, 4.69) is 6.07 Å². The molecule has 0 spiro atoms. The molecule has 0 aliphatic heterocycles. The van der Waals surface area contributed by atoms with Crippen LogP contribution in [-0.4, -0.2) is 6.61 Å². The predicted octanol–water partition coefficient (Wildman–Crippen LogP) is 3.38. The molecule has 0 radical (unpaired) electrons. The fourth-order valence-electron chi connectivity index (χ4n) is 2.18. The summed E-state index contributed by atoms with van der Waals surface area (Å²) >= 11 is 0. The van der Waals surface area contributed by atoms with Gasteiger partial charge in [-0.25, -0.2) is 0 Å². The number of para-hydroxylation sites is 1. The third-order valence-corrected chi connectivity index (χ3v) is 3.59. The molecule has 0 bridgehead atoms. The van der Waals surface area contributed by atoms with Gasteiger partial charge in [-0.3, -0.25) is 0 Å². The quantitative estimate of drug-likeness (QED) is 0.836. The Hall–Kier alpha value is -2.46. The van der Waals surface area contributed by atoms with Crippen LogP contribution < -0.4 is 4.74 Å². The number of nitrogens with zero attached hydrogens (tertiary/aromatic N) is 2. The molecule has 1 fully saturated rings. The zero-order valence-electron chi connectivity index (χ0n) is 10.3. The SMILES string of the molecule is N#CCC1(COc2c(C#N)oc3ccccc23)CC1. The van der Waals surface area contributed by atoms with E-state index < -0.39 is 0 Å². The van der Waals surface area contributed by atoms with Crippen molar-refractivity contribution in [2.24, 2.45) is 5.41 Å². The monoisotopic (exact) mass is 252 g/mol. The van der Waals surface area contributed by atoms with Gasteiger partial charge in [-0.15, -0.1) is 0 Å². The molecule has 0 atom stereocenters. The maximum absolute atomic E-state index is 9.09. The minimum absolute atomic E-state index is 0.0140. The van der Waals surface area contributed by atoms with Crippen LogP contribution in [0.2, 0.25) is 0 Å². The molecule has 4 nitrogen and oxygen atoms in total. The highest BCUT2D eigenvalue weighted by atomic mass is 16.5. The molecule has 4 heteroatoms. The second-order valence-corrected chi connectivity index (χ2v) is 4.99. The third-order valence-electron chi connectivity index (χ3n) is 3.59. The van der Waals surface area contributed by atoms with Crippen LogP contribution in [0, 0.1) is 28.1 Å². The Kier molecular flexibility index (Phi) is 2.65. The second kappa shape index (κ2) is 4.33. The number of benzene rings is 1. The summed E-state index contributed by atoms with van der Waals surface area (Å²) in [6.45, 7) is 0.471. The van der Waals surface area contributed by atoms with Crippen LogP contribution in [0.3, 0.4) is 0 Å². The number of furan rings is 1. The summed E-state index contributed by atoms with van der Waals surface area (Å²) in [5.74, 6) is 0.705. The molecule has 3 rings (SSSR count). The van der Waals surface area contributed by atoms with Crippen LogP contribution in [0.5, 0.6) is 5.75 Å². The van der Waals surface area contributed by atoms with E-state index >= 15 is 0 Å². The van der Waals surface area contributed by atoms with Crippen LogP contribution in [0.1, 0.15) is 25.0 Å². The first kappa shape index (κ1) is 11.6. The Labute approximate surface area is 110 Å². The van der Waals surface area contributed by atoms with Gasteiger partial charge in [-0.2, -0.15) is 10.5 Å². The standard InChI is InChI=1S/C15H12N2O2/c16-8-7-15(5-6-15)10-18-14-11-3-1-2-4-12(11)19-13(14)9-17/h1-4H,5-7,10H2. The highest BCUT2D eigenvalue weighted by Crippen LogP contribution is 2.49. The van der Waals surface area contributed by atoms with Crippen molar-refractivity contribution in [1.29, 1.82) is 10.5 Å². The Morgan fingerprint density at radius 1 is 1.26 bits per heavy atom. The van der Waals surface area contributed by atoms with Crippen molar-refractivity contribution in [1.82, 2.24) is 0 Å². The highest BCUT2D eigenvalue weighted by Gasteiger charge is 2.43. The number of nitriles is 2. The lowest BCUT2D eigenvalue weighted by molar-refractivity contribution is 0.236. The molecule has 1 aromatic heterocycles. The third kappa shape index (κ3) is 2.02. The number of hydrogen-bond donors (Lipinski definition) is 0. The lowest BCUT2D eigenvalue weighted by Gasteiger charge is -2.11. The Bertz CT molecular complexity index is 699.